The minimum Gasteiger partial charge on any atom is -0.351 e. The Kier molecular flexibility index (Phi) is 4.44. The first kappa shape index (κ1) is 15.0. The topological polar surface area (TPSA) is 41.1 Å². The van der Waals surface area contributed by atoms with Crippen molar-refractivity contribution in [2.75, 3.05) is 13.1 Å². The number of fused-ring (bicyclic) bond motifs is 1. The van der Waals surface area contributed by atoms with Crippen LogP contribution in [0.1, 0.15) is 31.7 Å². The largest absolute Gasteiger partial charge is 0.351 e. The predicted octanol–water partition coefficient (Wildman–Crippen LogP) is 3.06. The van der Waals surface area contributed by atoms with E-state index in [0.717, 1.165) is 25.1 Å². The second kappa shape index (κ2) is 6.49. The third-order valence-electron chi connectivity index (χ3n) is 4.82. The summed E-state index contributed by atoms with van der Waals surface area (Å²) in [5, 5.41) is 8.97. The van der Waals surface area contributed by atoms with Gasteiger partial charge < -0.3 is 10.6 Å². The van der Waals surface area contributed by atoms with Crippen molar-refractivity contribution in [2.45, 2.75) is 32.2 Å². The van der Waals surface area contributed by atoms with Crippen LogP contribution in [-0.2, 0) is 4.79 Å². The summed E-state index contributed by atoms with van der Waals surface area (Å²) < 4.78 is 0. The van der Waals surface area contributed by atoms with E-state index in [1.807, 2.05) is 19.1 Å². The Morgan fingerprint density at radius 2 is 2.00 bits per heavy atom. The van der Waals surface area contributed by atoms with Gasteiger partial charge in [0.2, 0.25) is 5.91 Å². The lowest BCUT2D eigenvalue weighted by Crippen LogP contribution is -2.51. The lowest BCUT2D eigenvalue weighted by atomic mass is 9.92. The van der Waals surface area contributed by atoms with Gasteiger partial charge in [-0.05, 0) is 42.1 Å². The van der Waals surface area contributed by atoms with E-state index in [9.17, 15) is 4.79 Å². The fraction of sp³-hybridized carbons (Fsp3) is 0.421. The van der Waals surface area contributed by atoms with Crippen LogP contribution in [0.3, 0.4) is 0 Å². The van der Waals surface area contributed by atoms with Crippen molar-refractivity contribution in [1.82, 2.24) is 10.6 Å². The molecule has 116 valence electrons. The Balaban J connectivity index is 1.73. The van der Waals surface area contributed by atoms with Crippen molar-refractivity contribution in [3.63, 3.8) is 0 Å². The van der Waals surface area contributed by atoms with Crippen molar-refractivity contribution in [3.8, 4) is 0 Å². The molecule has 1 aliphatic heterocycles. The third kappa shape index (κ3) is 3.14. The van der Waals surface area contributed by atoms with Gasteiger partial charge in [-0.2, -0.15) is 0 Å². The molecule has 2 N–H and O–H groups in total. The van der Waals surface area contributed by atoms with Crippen LogP contribution >= 0.6 is 0 Å². The minimum absolute atomic E-state index is 0.121. The van der Waals surface area contributed by atoms with E-state index < -0.39 is 0 Å². The van der Waals surface area contributed by atoms with Crippen LogP contribution in [0, 0.1) is 5.92 Å². The summed E-state index contributed by atoms with van der Waals surface area (Å²) in [6, 6.07) is 14.8. The van der Waals surface area contributed by atoms with E-state index in [1.165, 1.54) is 10.8 Å². The molecule has 2 aromatic carbocycles. The van der Waals surface area contributed by atoms with Gasteiger partial charge >= 0.3 is 0 Å². The summed E-state index contributed by atoms with van der Waals surface area (Å²) >= 11 is 0. The third-order valence-corrected chi connectivity index (χ3v) is 4.82. The van der Waals surface area contributed by atoms with Gasteiger partial charge in [0, 0.05) is 12.6 Å². The number of hydrogen-bond acceptors (Lipinski definition) is 2. The molecule has 0 radical (unpaired) electrons. The zero-order valence-corrected chi connectivity index (χ0v) is 13.3. The van der Waals surface area contributed by atoms with Gasteiger partial charge in [-0.3, -0.25) is 4.79 Å². The maximum atomic E-state index is 12.6. The Hall–Kier alpha value is -1.87. The highest BCUT2D eigenvalue weighted by molar-refractivity contribution is 5.87. The number of carbonyl (C=O) groups is 1. The Bertz CT molecular complexity index is 667. The SMILES string of the molecule is CC(C(=O)NC1CNCCC1C)c1ccc2ccccc2c1. The van der Waals surface area contributed by atoms with Crippen LogP contribution in [0.25, 0.3) is 10.8 Å². The van der Waals surface area contributed by atoms with E-state index in [-0.39, 0.29) is 17.9 Å². The quantitative estimate of drug-likeness (QED) is 0.914. The van der Waals surface area contributed by atoms with Gasteiger partial charge in [0.25, 0.3) is 0 Å². The smallest absolute Gasteiger partial charge is 0.227 e. The first-order chi connectivity index (χ1) is 10.6. The molecular formula is C19H24N2O. The number of nitrogens with one attached hydrogen (secondary N) is 2. The van der Waals surface area contributed by atoms with Crippen molar-refractivity contribution >= 4 is 16.7 Å². The van der Waals surface area contributed by atoms with Gasteiger partial charge in [0.05, 0.1) is 5.92 Å². The first-order valence-electron chi connectivity index (χ1n) is 8.15. The molecule has 0 bridgehead atoms. The van der Waals surface area contributed by atoms with E-state index >= 15 is 0 Å². The first-order valence-corrected chi connectivity index (χ1v) is 8.15. The standard InChI is InChI=1S/C19H24N2O/c1-13-9-10-20-12-18(13)21-19(22)14(2)16-8-7-15-5-3-4-6-17(15)11-16/h3-8,11,13-14,18,20H,9-10,12H2,1-2H3,(H,21,22). The summed E-state index contributed by atoms with van der Waals surface area (Å²) in [5.41, 5.74) is 1.08. The monoisotopic (exact) mass is 296 g/mol. The van der Waals surface area contributed by atoms with Crippen LogP contribution < -0.4 is 10.6 Å². The van der Waals surface area contributed by atoms with Crippen molar-refractivity contribution in [1.29, 1.82) is 0 Å². The number of piperidine rings is 1. The lowest BCUT2D eigenvalue weighted by molar-refractivity contribution is -0.123. The molecule has 0 aliphatic carbocycles. The molecule has 3 rings (SSSR count). The Labute approximate surface area is 132 Å². The minimum atomic E-state index is -0.126. The summed E-state index contributed by atoms with van der Waals surface area (Å²) in [4.78, 5) is 12.6. The Morgan fingerprint density at radius 3 is 2.77 bits per heavy atom. The molecule has 3 heteroatoms. The molecule has 1 saturated heterocycles. The van der Waals surface area contributed by atoms with E-state index in [4.69, 9.17) is 0 Å². The molecule has 22 heavy (non-hydrogen) atoms. The molecule has 1 amide bonds. The van der Waals surface area contributed by atoms with Gasteiger partial charge in [-0.25, -0.2) is 0 Å². The van der Waals surface area contributed by atoms with Crippen LogP contribution in [0.2, 0.25) is 0 Å². The van der Waals surface area contributed by atoms with Crippen LogP contribution in [-0.4, -0.2) is 25.0 Å². The molecule has 0 aromatic heterocycles. The second-order valence-corrected chi connectivity index (χ2v) is 6.41. The number of amides is 1. The van der Waals surface area contributed by atoms with Crippen LogP contribution in [0.5, 0.6) is 0 Å². The molecular weight excluding hydrogens is 272 g/mol. The maximum absolute atomic E-state index is 12.6. The fourth-order valence-corrected chi connectivity index (χ4v) is 3.12. The normalized spacial score (nSPS) is 23.2. The fourth-order valence-electron chi connectivity index (χ4n) is 3.12. The van der Waals surface area contributed by atoms with Crippen LogP contribution in [0.15, 0.2) is 42.5 Å². The zero-order chi connectivity index (χ0) is 15.5. The van der Waals surface area contributed by atoms with Gasteiger partial charge in [-0.15, -0.1) is 0 Å². The van der Waals surface area contributed by atoms with Gasteiger partial charge in [-0.1, -0.05) is 49.4 Å². The highest BCUT2D eigenvalue weighted by Crippen LogP contribution is 2.22. The summed E-state index contributed by atoms with van der Waals surface area (Å²) in [7, 11) is 0. The number of carbonyl (C=O) groups excluding carboxylic acids is 1. The van der Waals surface area contributed by atoms with Crippen LogP contribution in [0.4, 0.5) is 0 Å². The number of hydrogen-bond donors (Lipinski definition) is 2. The van der Waals surface area contributed by atoms with E-state index in [1.54, 1.807) is 0 Å². The molecule has 1 heterocycles. The number of benzene rings is 2. The van der Waals surface area contributed by atoms with Crippen molar-refractivity contribution < 1.29 is 4.79 Å². The molecule has 1 fully saturated rings. The van der Waals surface area contributed by atoms with E-state index in [0.29, 0.717) is 5.92 Å². The molecule has 2 aromatic rings. The molecule has 3 nitrogen and oxygen atoms in total. The van der Waals surface area contributed by atoms with Gasteiger partial charge in [0.15, 0.2) is 0 Å². The summed E-state index contributed by atoms with van der Waals surface area (Å²) in [5.74, 6) is 0.531. The van der Waals surface area contributed by atoms with Crippen molar-refractivity contribution in [3.05, 3.63) is 48.0 Å². The van der Waals surface area contributed by atoms with Crippen molar-refractivity contribution in [2.24, 2.45) is 5.92 Å². The summed E-state index contributed by atoms with van der Waals surface area (Å²) in [6.07, 6.45) is 1.12. The average molecular weight is 296 g/mol. The van der Waals surface area contributed by atoms with E-state index in [2.05, 4.69) is 47.9 Å². The highest BCUT2D eigenvalue weighted by atomic mass is 16.1. The average Bonchev–Trinajstić information content (AvgIpc) is 2.55. The Morgan fingerprint density at radius 1 is 1.23 bits per heavy atom. The molecule has 1 aliphatic rings. The predicted molar refractivity (Wildman–Crippen MR) is 90.9 cm³/mol. The second-order valence-electron chi connectivity index (χ2n) is 6.41. The molecule has 3 atom stereocenters. The molecule has 0 spiro atoms. The maximum Gasteiger partial charge on any atom is 0.227 e. The molecule has 0 saturated carbocycles. The highest BCUT2D eigenvalue weighted by Gasteiger charge is 2.25. The summed E-state index contributed by atoms with van der Waals surface area (Å²) in [6.45, 7) is 6.12. The van der Waals surface area contributed by atoms with Gasteiger partial charge in [0.1, 0.15) is 0 Å². The molecule has 3 unspecified atom stereocenters. The lowest BCUT2D eigenvalue weighted by Gasteiger charge is -2.31. The zero-order valence-electron chi connectivity index (χ0n) is 13.3. The number of rotatable bonds is 3.